The van der Waals surface area contributed by atoms with Crippen LogP contribution < -0.4 is 0 Å². The molecule has 2 rings (SSSR count). The van der Waals surface area contributed by atoms with Gasteiger partial charge >= 0.3 is 0 Å². The summed E-state index contributed by atoms with van der Waals surface area (Å²) in [5.74, 6) is 0.476. The minimum absolute atomic E-state index is 0.166. The lowest BCUT2D eigenvalue weighted by atomic mass is 9.79. The van der Waals surface area contributed by atoms with E-state index in [0.29, 0.717) is 5.92 Å². The van der Waals surface area contributed by atoms with E-state index in [1.807, 2.05) is 13.8 Å². The van der Waals surface area contributed by atoms with E-state index in [1.165, 1.54) is 12.8 Å². The Hall–Kier alpha value is -0.0800. The topological polar surface area (TPSA) is 29.5 Å². The second-order valence-corrected chi connectivity index (χ2v) is 5.75. The zero-order valence-electron chi connectivity index (χ0n) is 9.05. The van der Waals surface area contributed by atoms with Crippen molar-refractivity contribution in [3.63, 3.8) is 0 Å². The van der Waals surface area contributed by atoms with Crippen LogP contribution >= 0.6 is 0 Å². The van der Waals surface area contributed by atoms with Crippen molar-refractivity contribution in [1.82, 2.24) is 0 Å². The van der Waals surface area contributed by atoms with Crippen molar-refractivity contribution in [2.45, 2.75) is 63.8 Å². The summed E-state index contributed by atoms with van der Waals surface area (Å²) in [5.41, 5.74) is -1.13. The molecule has 1 saturated heterocycles. The highest BCUT2D eigenvalue weighted by Gasteiger charge is 2.62. The summed E-state index contributed by atoms with van der Waals surface area (Å²) in [4.78, 5) is 0. The van der Waals surface area contributed by atoms with Gasteiger partial charge in [0, 0.05) is 6.42 Å². The highest BCUT2D eigenvalue weighted by molar-refractivity contribution is 5.12. The first-order valence-electron chi connectivity index (χ1n) is 5.19. The first-order chi connectivity index (χ1) is 5.77. The lowest BCUT2D eigenvalue weighted by molar-refractivity contribution is -0.134. The molecule has 2 fully saturated rings. The Balaban J connectivity index is 2.28. The standard InChI is InChI=1S/C11H20O2/c1-9(2)7-11(12,8-5-6-8)10(3,4)13-9/h8,12H,5-7H2,1-4H3. The molecule has 0 radical (unpaired) electrons. The molecule has 2 nitrogen and oxygen atoms in total. The van der Waals surface area contributed by atoms with Crippen LogP contribution in [0, 0.1) is 5.92 Å². The maximum Gasteiger partial charge on any atom is 0.0986 e. The second kappa shape index (κ2) is 2.29. The Bertz CT molecular complexity index is 228. The maximum absolute atomic E-state index is 10.6. The van der Waals surface area contributed by atoms with Crippen LogP contribution in [0.5, 0.6) is 0 Å². The minimum atomic E-state index is -0.587. The molecule has 0 aromatic heterocycles. The van der Waals surface area contributed by atoms with Crippen LogP contribution in [-0.4, -0.2) is 21.9 Å². The Morgan fingerprint density at radius 3 is 2.00 bits per heavy atom. The number of hydrogen-bond donors (Lipinski definition) is 1. The van der Waals surface area contributed by atoms with Crippen LogP contribution in [0.1, 0.15) is 47.0 Å². The highest BCUT2D eigenvalue weighted by atomic mass is 16.5. The lowest BCUT2D eigenvalue weighted by Gasteiger charge is -2.35. The predicted octanol–water partition coefficient (Wildman–Crippen LogP) is 2.10. The molecule has 1 N–H and O–H groups in total. The summed E-state index contributed by atoms with van der Waals surface area (Å²) in [6.07, 6.45) is 3.11. The second-order valence-electron chi connectivity index (χ2n) is 5.75. The number of aliphatic hydroxyl groups is 1. The summed E-state index contributed by atoms with van der Waals surface area (Å²) in [6.45, 7) is 8.16. The van der Waals surface area contributed by atoms with E-state index in [1.54, 1.807) is 0 Å². The van der Waals surface area contributed by atoms with Crippen molar-refractivity contribution in [3.05, 3.63) is 0 Å². The van der Waals surface area contributed by atoms with Gasteiger partial charge in [-0.2, -0.15) is 0 Å². The van der Waals surface area contributed by atoms with Crippen molar-refractivity contribution in [3.8, 4) is 0 Å². The lowest BCUT2D eigenvalue weighted by Crippen LogP contribution is -2.48. The van der Waals surface area contributed by atoms with E-state index in [4.69, 9.17) is 4.74 Å². The number of ether oxygens (including phenoxy) is 1. The Kier molecular flexibility index (Phi) is 1.67. The molecule has 0 aromatic rings. The van der Waals surface area contributed by atoms with Crippen molar-refractivity contribution in [1.29, 1.82) is 0 Å². The average Bonchev–Trinajstić information content (AvgIpc) is 2.58. The molecule has 0 bridgehead atoms. The van der Waals surface area contributed by atoms with Crippen molar-refractivity contribution >= 4 is 0 Å². The zero-order chi connectivity index (χ0) is 9.91. The van der Waals surface area contributed by atoms with E-state index in [0.717, 1.165) is 6.42 Å². The Labute approximate surface area is 80.3 Å². The maximum atomic E-state index is 10.6. The summed E-state index contributed by atoms with van der Waals surface area (Å²) in [5, 5.41) is 10.6. The first kappa shape index (κ1) is 9.47. The van der Waals surface area contributed by atoms with Gasteiger partial charge in [-0.15, -0.1) is 0 Å². The van der Waals surface area contributed by atoms with Gasteiger partial charge in [-0.25, -0.2) is 0 Å². The molecule has 1 atom stereocenters. The van der Waals surface area contributed by atoms with Crippen molar-refractivity contribution < 1.29 is 9.84 Å². The molecule has 2 heteroatoms. The summed E-state index contributed by atoms with van der Waals surface area (Å²) in [7, 11) is 0. The minimum Gasteiger partial charge on any atom is -0.386 e. The van der Waals surface area contributed by atoms with Gasteiger partial charge in [0.05, 0.1) is 16.8 Å². The third kappa shape index (κ3) is 1.31. The van der Waals surface area contributed by atoms with Gasteiger partial charge in [0.25, 0.3) is 0 Å². The van der Waals surface area contributed by atoms with Crippen LogP contribution in [0.2, 0.25) is 0 Å². The normalized spacial score (nSPS) is 42.2. The fraction of sp³-hybridized carbons (Fsp3) is 1.00. The largest absolute Gasteiger partial charge is 0.386 e. The van der Waals surface area contributed by atoms with E-state index >= 15 is 0 Å². The Morgan fingerprint density at radius 2 is 1.69 bits per heavy atom. The van der Waals surface area contributed by atoms with Gasteiger partial charge in [-0.3, -0.25) is 0 Å². The molecule has 1 unspecified atom stereocenters. The molecule has 0 spiro atoms. The number of hydrogen-bond acceptors (Lipinski definition) is 2. The van der Waals surface area contributed by atoms with Crippen LogP contribution in [0.25, 0.3) is 0 Å². The molecule has 13 heavy (non-hydrogen) atoms. The molecule has 2 aliphatic rings. The fourth-order valence-corrected chi connectivity index (χ4v) is 2.87. The first-order valence-corrected chi connectivity index (χ1v) is 5.19. The van der Waals surface area contributed by atoms with Crippen LogP contribution in [0.3, 0.4) is 0 Å². The molecule has 1 heterocycles. The van der Waals surface area contributed by atoms with Crippen molar-refractivity contribution in [2.75, 3.05) is 0 Å². The quantitative estimate of drug-likeness (QED) is 0.676. The number of rotatable bonds is 1. The fourth-order valence-electron chi connectivity index (χ4n) is 2.87. The SMILES string of the molecule is CC1(C)CC(O)(C2CC2)C(C)(C)O1. The molecule has 76 valence electrons. The van der Waals surface area contributed by atoms with Gasteiger partial charge in [0.2, 0.25) is 0 Å². The third-order valence-corrected chi connectivity index (χ3v) is 3.52. The van der Waals surface area contributed by atoms with E-state index in [9.17, 15) is 5.11 Å². The molecular weight excluding hydrogens is 164 g/mol. The Morgan fingerprint density at radius 1 is 1.15 bits per heavy atom. The molecular formula is C11H20O2. The molecule has 1 aliphatic heterocycles. The van der Waals surface area contributed by atoms with Gasteiger partial charge < -0.3 is 9.84 Å². The van der Waals surface area contributed by atoms with Gasteiger partial charge in [-0.05, 0) is 46.5 Å². The van der Waals surface area contributed by atoms with E-state index in [-0.39, 0.29) is 11.2 Å². The molecule has 1 saturated carbocycles. The van der Waals surface area contributed by atoms with Crippen LogP contribution in [-0.2, 0) is 4.74 Å². The molecule has 0 aromatic carbocycles. The van der Waals surface area contributed by atoms with Gasteiger partial charge in [-0.1, -0.05) is 0 Å². The van der Waals surface area contributed by atoms with E-state index < -0.39 is 5.60 Å². The highest BCUT2D eigenvalue weighted by Crippen LogP contribution is 2.55. The third-order valence-electron chi connectivity index (χ3n) is 3.52. The average molecular weight is 184 g/mol. The van der Waals surface area contributed by atoms with Gasteiger partial charge in [0.15, 0.2) is 0 Å². The smallest absolute Gasteiger partial charge is 0.0986 e. The predicted molar refractivity (Wildman–Crippen MR) is 51.5 cm³/mol. The summed E-state index contributed by atoms with van der Waals surface area (Å²) >= 11 is 0. The van der Waals surface area contributed by atoms with E-state index in [2.05, 4.69) is 13.8 Å². The molecule has 0 amide bonds. The zero-order valence-corrected chi connectivity index (χ0v) is 9.05. The summed E-state index contributed by atoms with van der Waals surface area (Å²) in [6, 6.07) is 0. The molecule has 1 aliphatic carbocycles. The summed E-state index contributed by atoms with van der Waals surface area (Å²) < 4.78 is 5.90. The van der Waals surface area contributed by atoms with Gasteiger partial charge in [0.1, 0.15) is 0 Å². The van der Waals surface area contributed by atoms with Crippen molar-refractivity contribution in [2.24, 2.45) is 5.92 Å². The van der Waals surface area contributed by atoms with Crippen LogP contribution in [0.4, 0.5) is 0 Å². The monoisotopic (exact) mass is 184 g/mol. The van der Waals surface area contributed by atoms with Crippen LogP contribution in [0.15, 0.2) is 0 Å².